The molecule has 0 radical (unpaired) electrons. The molecule has 0 aliphatic carbocycles. The van der Waals surface area contributed by atoms with Crippen LogP contribution in [0.4, 0.5) is 23.2 Å². The van der Waals surface area contributed by atoms with Crippen LogP contribution in [0.15, 0.2) is 52.0 Å². The van der Waals surface area contributed by atoms with Crippen LogP contribution in [-0.4, -0.2) is 36.2 Å². The summed E-state index contributed by atoms with van der Waals surface area (Å²) >= 11 is 11.9. The Balaban J connectivity index is 2.27. The Bertz CT molecular complexity index is 1220. The Hall–Kier alpha value is -3.24. The molecule has 0 saturated carbocycles. The van der Waals surface area contributed by atoms with Gasteiger partial charge in [-0.05, 0) is 30.3 Å². The second-order valence-electron chi connectivity index (χ2n) is 6.57. The monoisotopic (exact) mass is 500 g/mol. The van der Waals surface area contributed by atoms with Crippen LogP contribution in [0, 0.1) is 11.2 Å². The van der Waals surface area contributed by atoms with Gasteiger partial charge in [-0.1, -0.05) is 40.5 Å². The van der Waals surface area contributed by atoms with Crippen molar-refractivity contribution in [3.8, 4) is 11.3 Å². The lowest BCUT2D eigenvalue weighted by molar-refractivity contribution is -0.0607. The second-order valence-corrected chi connectivity index (χ2v) is 7.41. The van der Waals surface area contributed by atoms with Crippen LogP contribution in [0.3, 0.4) is 0 Å². The van der Waals surface area contributed by atoms with Crippen LogP contribution in [0.5, 0.6) is 0 Å². The van der Waals surface area contributed by atoms with E-state index in [1.165, 1.54) is 43.4 Å². The minimum Gasteiger partial charge on any atom is -0.359 e. The molecule has 1 amide bonds. The Morgan fingerprint density at radius 1 is 1.24 bits per heavy atom. The number of benzene rings is 2. The van der Waals surface area contributed by atoms with E-state index < -0.39 is 46.5 Å². The lowest BCUT2D eigenvalue weighted by Gasteiger charge is -2.17. The molecule has 1 unspecified atom stereocenters. The zero-order chi connectivity index (χ0) is 24.3. The number of aromatic nitrogens is 1. The van der Waals surface area contributed by atoms with Crippen LogP contribution >= 0.6 is 23.2 Å². The summed E-state index contributed by atoms with van der Waals surface area (Å²) in [6.07, 6.45) is -4.64. The Kier molecular flexibility index (Phi) is 7.19. The molecule has 172 valence electrons. The van der Waals surface area contributed by atoms with E-state index in [1.807, 2.05) is 0 Å². The third-order valence-electron chi connectivity index (χ3n) is 4.46. The highest BCUT2D eigenvalue weighted by Gasteiger charge is 2.44. The molecule has 1 atom stereocenters. The van der Waals surface area contributed by atoms with E-state index in [9.17, 15) is 22.4 Å². The number of rotatable bonds is 6. The standard InChI is InChI=1S/C21H14Cl2F4N4O2/c1-29-20(32)16-17(15-13(23)6-3-7-14(15)24)31-33-18(16)12(9-28)19(21(25,26)27)30-11-5-2-4-10(22)8-11/h2-9,12,28H,1H3,(H,29,32). The summed E-state index contributed by atoms with van der Waals surface area (Å²) in [5, 5.41) is 13.5. The molecule has 0 aliphatic heterocycles. The number of aliphatic imine (C=N–C) groups is 1. The summed E-state index contributed by atoms with van der Waals surface area (Å²) in [5.74, 6) is -4.43. The molecule has 2 N–H and O–H groups in total. The van der Waals surface area contributed by atoms with Crippen molar-refractivity contribution in [2.75, 3.05) is 7.05 Å². The minimum absolute atomic E-state index is 0.139. The predicted octanol–water partition coefficient (Wildman–Crippen LogP) is 6.22. The van der Waals surface area contributed by atoms with Crippen molar-refractivity contribution in [1.29, 1.82) is 5.41 Å². The highest BCUT2D eigenvalue weighted by molar-refractivity contribution is 6.33. The molecule has 6 nitrogen and oxygen atoms in total. The molecule has 2 aromatic carbocycles. The van der Waals surface area contributed by atoms with E-state index in [0.717, 1.165) is 6.07 Å². The van der Waals surface area contributed by atoms with E-state index in [-0.39, 0.29) is 21.3 Å². The maximum Gasteiger partial charge on any atom is 0.430 e. The predicted molar refractivity (Wildman–Crippen MR) is 116 cm³/mol. The van der Waals surface area contributed by atoms with Crippen molar-refractivity contribution >= 4 is 46.7 Å². The average molecular weight is 501 g/mol. The highest BCUT2D eigenvalue weighted by Crippen LogP contribution is 2.38. The topological polar surface area (TPSA) is 91.3 Å². The molecule has 0 bridgehead atoms. The zero-order valence-electron chi connectivity index (χ0n) is 16.7. The number of halogens is 6. The Morgan fingerprint density at radius 3 is 2.52 bits per heavy atom. The van der Waals surface area contributed by atoms with Gasteiger partial charge in [-0.2, -0.15) is 13.2 Å². The van der Waals surface area contributed by atoms with Crippen LogP contribution < -0.4 is 5.32 Å². The van der Waals surface area contributed by atoms with Gasteiger partial charge < -0.3 is 15.2 Å². The van der Waals surface area contributed by atoms with Gasteiger partial charge in [0.15, 0.2) is 5.76 Å². The van der Waals surface area contributed by atoms with Crippen molar-refractivity contribution in [2.24, 2.45) is 4.99 Å². The van der Waals surface area contributed by atoms with Gasteiger partial charge in [0.25, 0.3) is 5.91 Å². The maximum atomic E-state index is 14.5. The van der Waals surface area contributed by atoms with E-state index >= 15 is 0 Å². The van der Waals surface area contributed by atoms with Crippen LogP contribution in [0.2, 0.25) is 10.0 Å². The van der Waals surface area contributed by atoms with Crippen molar-refractivity contribution in [3.63, 3.8) is 0 Å². The molecule has 3 rings (SSSR count). The van der Waals surface area contributed by atoms with Crippen molar-refractivity contribution in [1.82, 2.24) is 10.5 Å². The summed E-state index contributed by atoms with van der Waals surface area (Å²) in [5.41, 5.74) is -2.87. The number of amides is 1. The number of hydrogen-bond donors (Lipinski definition) is 2. The molecule has 0 aliphatic rings. The van der Waals surface area contributed by atoms with E-state index in [4.69, 9.17) is 33.1 Å². The number of nitrogens with one attached hydrogen (secondary N) is 2. The smallest absolute Gasteiger partial charge is 0.359 e. The normalized spacial score (nSPS) is 13.0. The third-order valence-corrected chi connectivity index (χ3v) is 5.01. The molecular weight excluding hydrogens is 487 g/mol. The van der Waals surface area contributed by atoms with Crippen molar-refractivity contribution in [3.05, 3.63) is 69.7 Å². The van der Waals surface area contributed by atoms with Crippen molar-refractivity contribution < 1.29 is 26.9 Å². The van der Waals surface area contributed by atoms with Crippen LogP contribution in [0.1, 0.15) is 22.0 Å². The van der Waals surface area contributed by atoms with Gasteiger partial charge >= 0.3 is 6.18 Å². The summed E-state index contributed by atoms with van der Waals surface area (Å²) in [6.45, 7) is 0. The van der Waals surface area contributed by atoms with Gasteiger partial charge in [0, 0.05) is 18.3 Å². The largest absolute Gasteiger partial charge is 0.430 e. The Morgan fingerprint density at radius 2 is 1.94 bits per heavy atom. The number of hydrogen-bond acceptors (Lipinski definition) is 5. The number of carbonyl (C=O) groups is 1. The molecule has 1 aromatic heterocycles. The fourth-order valence-corrected chi connectivity index (χ4v) is 3.46. The molecule has 3 aromatic rings. The molecule has 0 saturated heterocycles. The fourth-order valence-electron chi connectivity index (χ4n) is 3.03. The molecule has 1 heterocycles. The molecule has 12 heteroatoms. The SMILES string of the molecule is CNC(=O)c1c(-c2c(F)cccc2Cl)noc1C(C=N)C(=Nc1cccc(Cl)c1)C(F)(F)F. The highest BCUT2D eigenvalue weighted by atomic mass is 35.5. The van der Waals surface area contributed by atoms with Crippen molar-refractivity contribution in [2.45, 2.75) is 12.1 Å². The third kappa shape index (κ3) is 5.07. The van der Waals surface area contributed by atoms with Crippen LogP contribution in [0.25, 0.3) is 11.3 Å². The molecule has 0 fully saturated rings. The summed E-state index contributed by atoms with van der Waals surface area (Å²) < 4.78 is 61.5. The van der Waals surface area contributed by atoms with E-state index in [1.54, 1.807) is 0 Å². The molecule has 33 heavy (non-hydrogen) atoms. The lowest BCUT2D eigenvalue weighted by atomic mass is 9.94. The first kappa shape index (κ1) is 24.4. The number of carbonyl (C=O) groups excluding carboxylic acids is 1. The second kappa shape index (κ2) is 9.72. The van der Waals surface area contributed by atoms with Gasteiger partial charge in [-0.25, -0.2) is 9.38 Å². The first-order valence-corrected chi connectivity index (χ1v) is 9.92. The average Bonchev–Trinajstić information content (AvgIpc) is 3.16. The van der Waals surface area contributed by atoms with Gasteiger partial charge in [0.05, 0.1) is 16.3 Å². The lowest BCUT2D eigenvalue weighted by Crippen LogP contribution is -2.31. The van der Waals surface area contributed by atoms with Crippen LogP contribution in [-0.2, 0) is 0 Å². The Labute approximate surface area is 194 Å². The van der Waals surface area contributed by atoms with Gasteiger partial charge in [-0.3, -0.25) is 4.79 Å². The van der Waals surface area contributed by atoms with E-state index in [0.29, 0.717) is 6.21 Å². The van der Waals surface area contributed by atoms with Gasteiger partial charge in [0.2, 0.25) is 0 Å². The number of alkyl halides is 3. The van der Waals surface area contributed by atoms with Gasteiger partial charge in [-0.15, -0.1) is 0 Å². The first-order chi connectivity index (χ1) is 15.6. The summed E-state index contributed by atoms with van der Waals surface area (Å²) in [4.78, 5) is 16.2. The van der Waals surface area contributed by atoms with Gasteiger partial charge in [0.1, 0.15) is 28.7 Å². The quantitative estimate of drug-likeness (QED) is 0.311. The first-order valence-electron chi connectivity index (χ1n) is 9.16. The van der Waals surface area contributed by atoms with E-state index in [2.05, 4.69) is 15.5 Å². The minimum atomic E-state index is -5.03. The summed E-state index contributed by atoms with van der Waals surface area (Å²) in [7, 11) is 1.22. The maximum absolute atomic E-state index is 14.5. The number of nitrogens with zero attached hydrogens (tertiary/aromatic N) is 2. The zero-order valence-corrected chi connectivity index (χ0v) is 18.2. The summed E-state index contributed by atoms with van der Waals surface area (Å²) in [6, 6.07) is 8.99. The molecule has 0 spiro atoms. The fraction of sp³-hybridized carbons (Fsp3) is 0.143. The molecular formula is C21H14Cl2F4N4O2.